The van der Waals surface area contributed by atoms with Crippen molar-refractivity contribution in [2.24, 2.45) is 5.92 Å². The van der Waals surface area contributed by atoms with E-state index < -0.39 is 0 Å². The fourth-order valence-electron chi connectivity index (χ4n) is 2.44. The van der Waals surface area contributed by atoms with Crippen molar-refractivity contribution in [3.05, 3.63) is 35.6 Å². The highest BCUT2D eigenvalue weighted by atomic mass is 35.5. The minimum atomic E-state index is -0.243. The fraction of sp³-hybridized carbons (Fsp3) is 0.533. The molecule has 1 heterocycles. The minimum Gasteiger partial charge on any atom is -0.341 e. The minimum absolute atomic E-state index is 0. The molecule has 0 aliphatic carbocycles. The third kappa shape index (κ3) is 5.10. The van der Waals surface area contributed by atoms with Crippen LogP contribution in [-0.2, 0) is 11.3 Å². The lowest BCUT2D eigenvalue weighted by atomic mass is 9.94. The normalized spacial score (nSPS) is 15.5. The molecule has 1 N–H and O–H groups in total. The third-order valence-electron chi connectivity index (χ3n) is 3.68. The summed E-state index contributed by atoms with van der Waals surface area (Å²) in [5.41, 5.74) is 0.961. The molecule has 0 radical (unpaired) electrons. The molecular weight excluding hydrogens is 279 g/mol. The van der Waals surface area contributed by atoms with Crippen LogP contribution in [0.25, 0.3) is 0 Å². The van der Waals surface area contributed by atoms with E-state index in [1.807, 2.05) is 7.05 Å². The average molecular weight is 301 g/mol. The zero-order valence-corrected chi connectivity index (χ0v) is 12.6. The number of piperidine rings is 1. The van der Waals surface area contributed by atoms with E-state index in [4.69, 9.17) is 0 Å². The van der Waals surface area contributed by atoms with E-state index in [9.17, 15) is 9.18 Å². The number of nitrogens with zero attached hydrogens (tertiary/aromatic N) is 1. The Labute approximate surface area is 125 Å². The number of halogens is 2. The standard InChI is InChI=1S/C15H21FN2O.ClH/c1-18(11-13-2-4-14(16)5-3-13)15(19)10-12-6-8-17-9-7-12;/h2-5,12,17H,6-11H2,1H3;1H. The molecule has 2 rings (SSSR count). The summed E-state index contributed by atoms with van der Waals surface area (Å²) in [5, 5.41) is 3.30. The summed E-state index contributed by atoms with van der Waals surface area (Å²) in [5.74, 6) is 0.438. The van der Waals surface area contributed by atoms with Gasteiger partial charge in [-0.25, -0.2) is 4.39 Å². The van der Waals surface area contributed by atoms with Crippen LogP contribution >= 0.6 is 12.4 Å². The van der Waals surface area contributed by atoms with E-state index in [1.54, 1.807) is 17.0 Å². The fourth-order valence-corrected chi connectivity index (χ4v) is 2.44. The van der Waals surface area contributed by atoms with Gasteiger partial charge in [0.1, 0.15) is 5.82 Å². The Bertz CT molecular complexity index is 418. The van der Waals surface area contributed by atoms with E-state index in [0.717, 1.165) is 31.5 Å². The van der Waals surface area contributed by atoms with E-state index in [0.29, 0.717) is 18.9 Å². The van der Waals surface area contributed by atoms with E-state index in [2.05, 4.69) is 5.32 Å². The largest absolute Gasteiger partial charge is 0.341 e. The predicted molar refractivity (Wildman–Crippen MR) is 80.3 cm³/mol. The Kier molecular flexibility index (Phi) is 6.96. The average Bonchev–Trinajstić information content (AvgIpc) is 2.42. The number of benzene rings is 1. The van der Waals surface area contributed by atoms with Crippen molar-refractivity contribution >= 4 is 18.3 Å². The molecule has 1 fully saturated rings. The number of amides is 1. The number of hydrogen-bond donors (Lipinski definition) is 1. The maximum Gasteiger partial charge on any atom is 0.222 e. The molecule has 0 saturated carbocycles. The molecule has 1 aromatic carbocycles. The summed E-state index contributed by atoms with van der Waals surface area (Å²) >= 11 is 0. The molecule has 1 aromatic rings. The smallest absolute Gasteiger partial charge is 0.222 e. The molecule has 1 amide bonds. The van der Waals surface area contributed by atoms with Crippen LogP contribution in [0.3, 0.4) is 0 Å². The summed E-state index contributed by atoms with van der Waals surface area (Å²) in [4.78, 5) is 13.8. The van der Waals surface area contributed by atoms with Crippen LogP contribution in [0.5, 0.6) is 0 Å². The Balaban J connectivity index is 0.00000200. The summed E-state index contributed by atoms with van der Waals surface area (Å²) < 4.78 is 12.8. The van der Waals surface area contributed by atoms with Gasteiger partial charge in [0, 0.05) is 20.0 Å². The molecule has 112 valence electrons. The van der Waals surface area contributed by atoms with Gasteiger partial charge in [0.25, 0.3) is 0 Å². The molecule has 1 aliphatic rings. The van der Waals surface area contributed by atoms with Crippen LogP contribution in [-0.4, -0.2) is 30.9 Å². The third-order valence-corrected chi connectivity index (χ3v) is 3.68. The number of hydrogen-bond acceptors (Lipinski definition) is 2. The summed E-state index contributed by atoms with van der Waals surface area (Å²) in [7, 11) is 1.81. The summed E-state index contributed by atoms with van der Waals surface area (Å²) in [6.45, 7) is 2.57. The van der Waals surface area contributed by atoms with Gasteiger partial charge >= 0.3 is 0 Å². The van der Waals surface area contributed by atoms with E-state index in [1.165, 1.54) is 12.1 Å². The quantitative estimate of drug-likeness (QED) is 0.927. The highest BCUT2D eigenvalue weighted by Crippen LogP contribution is 2.17. The first-order chi connectivity index (χ1) is 9.15. The zero-order valence-electron chi connectivity index (χ0n) is 11.8. The van der Waals surface area contributed by atoms with Crippen LogP contribution in [0.15, 0.2) is 24.3 Å². The van der Waals surface area contributed by atoms with Crippen molar-refractivity contribution in [2.75, 3.05) is 20.1 Å². The molecule has 5 heteroatoms. The van der Waals surface area contributed by atoms with Gasteiger partial charge in [0.15, 0.2) is 0 Å². The number of carbonyl (C=O) groups is 1. The lowest BCUT2D eigenvalue weighted by molar-refractivity contribution is -0.131. The molecule has 0 aromatic heterocycles. The van der Waals surface area contributed by atoms with E-state index >= 15 is 0 Å². The topological polar surface area (TPSA) is 32.3 Å². The summed E-state index contributed by atoms with van der Waals surface area (Å²) in [6.07, 6.45) is 2.78. The number of rotatable bonds is 4. The van der Waals surface area contributed by atoms with Gasteiger partial charge in [-0.1, -0.05) is 12.1 Å². The number of nitrogens with one attached hydrogen (secondary N) is 1. The number of carbonyl (C=O) groups excluding carboxylic acids is 1. The molecular formula is C15H22ClFN2O. The Hall–Kier alpha value is -1.13. The Morgan fingerprint density at radius 1 is 1.30 bits per heavy atom. The van der Waals surface area contributed by atoms with Gasteiger partial charge < -0.3 is 10.2 Å². The van der Waals surface area contributed by atoms with Gasteiger partial charge in [-0.15, -0.1) is 12.4 Å². The maximum absolute atomic E-state index is 12.8. The molecule has 1 saturated heterocycles. The first-order valence-electron chi connectivity index (χ1n) is 6.84. The van der Waals surface area contributed by atoms with E-state index in [-0.39, 0.29) is 24.1 Å². The van der Waals surface area contributed by atoms with Crippen LogP contribution in [0.4, 0.5) is 4.39 Å². The van der Waals surface area contributed by atoms with Gasteiger partial charge in [-0.3, -0.25) is 4.79 Å². The lowest BCUT2D eigenvalue weighted by Crippen LogP contribution is -2.33. The van der Waals surface area contributed by atoms with Crippen molar-refractivity contribution in [3.8, 4) is 0 Å². The molecule has 0 bridgehead atoms. The van der Waals surface area contributed by atoms with Crippen LogP contribution in [0, 0.1) is 11.7 Å². The lowest BCUT2D eigenvalue weighted by Gasteiger charge is -2.25. The van der Waals surface area contributed by atoms with Crippen molar-refractivity contribution < 1.29 is 9.18 Å². The second-order valence-electron chi connectivity index (χ2n) is 5.27. The highest BCUT2D eigenvalue weighted by molar-refractivity contribution is 5.85. The van der Waals surface area contributed by atoms with Gasteiger partial charge in [0.05, 0.1) is 0 Å². The first-order valence-corrected chi connectivity index (χ1v) is 6.84. The molecule has 0 atom stereocenters. The molecule has 3 nitrogen and oxygen atoms in total. The molecule has 20 heavy (non-hydrogen) atoms. The van der Waals surface area contributed by atoms with Gasteiger partial charge in [-0.05, 0) is 49.5 Å². The Morgan fingerprint density at radius 2 is 1.90 bits per heavy atom. The van der Waals surface area contributed by atoms with Crippen molar-refractivity contribution in [1.29, 1.82) is 0 Å². The second kappa shape index (κ2) is 8.22. The van der Waals surface area contributed by atoms with Crippen LogP contribution in [0.1, 0.15) is 24.8 Å². The molecule has 1 aliphatic heterocycles. The van der Waals surface area contributed by atoms with Crippen LogP contribution < -0.4 is 5.32 Å². The first kappa shape index (κ1) is 16.9. The van der Waals surface area contributed by atoms with Crippen molar-refractivity contribution in [3.63, 3.8) is 0 Å². The monoisotopic (exact) mass is 300 g/mol. The van der Waals surface area contributed by atoms with Crippen molar-refractivity contribution in [1.82, 2.24) is 10.2 Å². The zero-order chi connectivity index (χ0) is 13.7. The second-order valence-corrected chi connectivity index (χ2v) is 5.27. The summed E-state index contributed by atoms with van der Waals surface area (Å²) in [6, 6.07) is 6.31. The highest BCUT2D eigenvalue weighted by Gasteiger charge is 2.19. The van der Waals surface area contributed by atoms with Crippen LogP contribution in [0.2, 0.25) is 0 Å². The predicted octanol–water partition coefficient (Wildman–Crippen LogP) is 2.60. The van der Waals surface area contributed by atoms with Gasteiger partial charge in [-0.2, -0.15) is 0 Å². The van der Waals surface area contributed by atoms with Gasteiger partial charge in [0.2, 0.25) is 5.91 Å². The Morgan fingerprint density at radius 3 is 2.50 bits per heavy atom. The van der Waals surface area contributed by atoms with Crippen molar-refractivity contribution in [2.45, 2.75) is 25.8 Å². The molecule has 0 spiro atoms. The molecule has 0 unspecified atom stereocenters. The maximum atomic E-state index is 12.8. The SMILES string of the molecule is CN(Cc1ccc(F)cc1)C(=O)CC1CCNCC1.Cl.